The van der Waals surface area contributed by atoms with Crippen LogP contribution in [0.15, 0.2) is 24.9 Å². The molecule has 0 saturated heterocycles. The largest absolute Gasteiger partial charge is 0.405 e. The Kier molecular flexibility index (Phi) is 3.15. The Hall–Kier alpha value is -2.55. The predicted octanol–water partition coefficient (Wildman–Crippen LogP) is 0.125. The molecule has 0 aliphatic carbocycles. The van der Waals surface area contributed by atoms with Crippen molar-refractivity contribution < 1.29 is 4.42 Å². The van der Waals surface area contributed by atoms with Gasteiger partial charge in [-0.1, -0.05) is 0 Å². The van der Waals surface area contributed by atoms with Crippen LogP contribution in [0.4, 0.5) is 0 Å². The monoisotopic (exact) mass is 246 g/mol. The molecule has 0 aliphatic heterocycles. The van der Waals surface area contributed by atoms with Crippen LogP contribution >= 0.6 is 0 Å². The lowest BCUT2D eigenvalue weighted by atomic mass is 10.1. The number of rotatable bonds is 2. The Labute approximate surface area is 101 Å². The molecule has 2 rings (SSSR count). The molecule has 2 aromatic heterocycles. The first-order valence-corrected chi connectivity index (χ1v) is 5.31. The first-order valence-electron chi connectivity index (χ1n) is 5.31. The lowest BCUT2D eigenvalue weighted by Crippen LogP contribution is -2.24. The highest BCUT2D eigenvalue weighted by Crippen LogP contribution is 2.10. The molecule has 0 spiro atoms. The highest BCUT2D eigenvalue weighted by molar-refractivity contribution is 5.75. The quantitative estimate of drug-likeness (QED) is 0.736. The average Bonchev–Trinajstić information content (AvgIpc) is 2.27. The van der Waals surface area contributed by atoms with Gasteiger partial charge in [-0.15, -0.1) is 11.8 Å². The summed E-state index contributed by atoms with van der Waals surface area (Å²) in [5.74, 6) is 5.57. The fourth-order valence-corrected chi connectivity index (χ4v) is 1.70. The molecule has 2 heterocycles. The third-order valence-electron chi connectivity index (χ3n) is 2.42. The van der Waals surface area contributed by atoms with Crippen LogP contribution in [0.5, 0.6) is 0 Å². The van der Waals surface area contributed by atoms with Crippen LogP contribution in [-0.4, -0.2) is 9.97 Å². The minimum atomic E-state index is -0.707. The third kappa shape index (κ3) is 2.25. The van der Waals surface area contributed by atoms with Crippen molar-refractivity contribution in [2.24, 2.45) is 0 Å². The molecule has 0 saturated carbocycles. The maximum absolute atomic E-state index is 11.7. The van der Waals surface area contributed by atoms with Gasteiger partial charge in [-0.2, -0.15) is 0 Å². The van der Waals surface area contributed by atoms with Crippen LogP contribution < -0.4 is 16.9 Å². The van der Waals surface area contributed by atoms with E-state index < -0.39 is 16.9 Å². The Morgan fingerprint density at radius 3 is 2.78 bits per heavy atom. The van der Waals surface area contributed by atoms with E-state index in [-0.39, 0.29) is 11.1 Å². The van der Waals surface area contributed by atoms with Gasteiger partial charge in [0.05, 0.1) is 0 Å². The molecule has 0 bridgehead atoms. The summed E-state index contributed by atoms with van der Waals surface area (Å²) in [6, 6.07) is 1.24. The minimum Gasteiger partial charge on any atom is -0.405 e. The molecule has 0 unspecified atom stereocenters. The van der Waals surface area contributed by atoms with Gasteiger partial charge < -0.3 is 4.42 Å². The maximum Gasteiger partial charge on any atom is 0.337 e. The summed E-state index contributed by atoms with van der Waals surface area (Å²) >= 11 is 0. The third-order valence-corrected chi connectivity index (χ3v) is 2.42. The van der Waals surface area contributed by atoms with Crippen LogP contribution in [0, 0.1) is 11.8 Å². The summed E-state index contributed by atoms with van der Waals surface area (Å²) in [4.78, 5) is 38.5. The van der Waals surface area contributed by atoms with Crippen molar-refractivity contribution in [3.05, 3.63) is 42.9 Å². The SMILES string of the molecule is CC#CCCc1cc(=O)oc2[nH]c(=O)[nH]c(=O)c12. The van der Waals surface area contributed by atoms with Gasteiger partial charge in [0.1, 0.15) is 5.39 Å². The van der Waals surface area contributed by atoms with Gasteiger partial charge in [0.15, 0.2) is 0 Å². The number of hydrogen-bond acceptors (Lipinski definition) is 4. The summed E-state index contributed by atoms with van der Waals surface area (Å²) < 4.78 is 4.80. The molecule has 0 aliphatic rings. The summed E-state index contributed by atoms with van der Waals surface area (Å²) in [5.41, 5.74) is -1.47. The summed E-state index contributed by atoms with van der Waals surface area (Å²) in [6.45, 7) is 1.71. The smallest absolute Gasteiger partial charge is 0.337 e. The summed E-state index contributed by atoms with van der Waals surface area (Å²) in [7, 11) is 0. The maximum atomic E-state index is 11.7. The van der Waals surface area contributed by atoms with E-state index in [0.29, 0.717) is 18.4 Å². The van der Waals surface area contributed by atoms with Crippen molar-refractivity contribution in [3.8, 4) is 11.8 Å². The molecule has 0 radical (unpaired) electrons. The predicted molar refractivity (Wildman–Crippen MR) is 65.5 cm³/mol. The molecule has 18 heavy (non-hydrogen) atoms. The van der Waals surface area contributed by atoms with E-state index in [0.717, 1.165) is 0 Å². The van der Waals surface area contributed by atoms with Gasteiger partial charge >= 0.3 is 11.3 Å². The Bertz CT molecular complexity index is 809. The number of aromatic nitrogens is 2. The number of nitrogens with one attached hydrogen (secondary N) is 2. The fraction of sp³-hybridized carbons (Fsp3) is 0.250. The zero-order valence-corrected chi connectivity index (χ0v) is 9.62. The van der Waals surface area contributed by atoms with Crippen molar-refractivity contribution in [2.45, 2.75) is 19.8 Å². The molecule has 0 aromatic carbocycles. The fourth-order valence-electron chi connectivity index (χ4n) is 1.70. The van der Waals surface area contributed by atoms with Gasteiger partial charge in [-0.25, -0.2) is 9.59 Å². The minimum absolute atomic E-state index is 0.101. The second kappa shape index (κ2) is 4.75. The van der Waals surface area contributed by atoms with Crippen molar-refractivity contribution in [1.82, 2.24) is 9.97 Å². The van der Waals surface area contributed by atoms with Gasteiger partial charge in [0.2, 0.25) is 5.71 Å². The molecular formula is C12H10N2O4. The summed E-state index contributed by atoms with van der Waals surface area (Å²) in [6.07, 6.45) is 0.964. The molecule has 92 valence electrons. The molecule has 0 atom stereocenters. The van der Waals surface area contributed by atoms with Crippen LogP contribution in [-0.2, 0) is 6.42 Å². The van der Waals surface area contributed by atoms with Gasteiger partial charge in [-0.05, 0) is 18.9 Å². The molecule has 0 fully saturated rings. The van der Waals surface area contributed by atoms with Crippen molar-refractivity contribution >= 4 is 11.1 Å². The Morgan fingerprint density at radius 1 is 1.28 bits per heavy atom. The molecule has 2 N–H and O–H groups in total. The highest BCUT2D eigenvalue weighted by Gasteiger charge is 2.10. The van der Waals surface area contributed by atoms with Gasteiger partial charge in [0, 0.05) is 12.5 Å². The van der Waals surface area contributed by atoms with E-state index in [1.165, 1.54) is 6.07 Å². The molecule has 6 heteroatoms. The van der Waals surface area contributed by atoms with E-state index in [2.05, 4.69) is 21.8 Å². The second-order valence-electron chi connectivity index (χ2n) is 3.63. The lowest BCUT2D eigenvalue weighted by molar-refractivity contribution is 0.544. The Morgan fingerprint density at radius 2 is 2.06 bits per heavy atom. The normalized spacial score (nSPS) is 10.1. The van der Waals surface area contributed by atoms with E-state index in [1.807, 2.05) is 0 Å². The number of fused-ring (bicyclic) bond motifs is 1. The second-order valence-corrected chi connectivity index (χ2v) is 3.63. The number of aryl methyl sites for hydroxylation is 1. The van der Waals surface area contributed by atoms with Crippen LogP contribution in [0.2, 0.25) is 0 Å². The molecule has 2 aromatic rings. The van der Waals surface area contributed by atoms with Crippen molar-refractivity contribution in [1.29, 1.82) is 0 Å². The lowest BCUT2D eigenvalue weighted by Gasteiger charge is -2.01. The average molecular weight is 246 g/mol. The zero-order chi connectivity index (χ0) is 13.1. The highest BCUT2D eigenvalue weighted by atomic mass is 16.4. The van der Waals surface area contributed by atoms with Crippen LogP contribution in [0.25, 0.3) is 11.1 Å². The first kappa shape index (κ1) is 11.9. The number of H-pyrrole nitrogens is 2. The zero-order valence-electron chi connectivity index (χ0n) is 9.62. The number of aromatic amines is 2. The van der Waals surface area contributed by atoms with E-state index >= 15 is 0 Å². The van der Waals surface area contributed by atoms with Gasteiger partial charge in [0.25, 0.3) is 5.56 Å². The van der Waals surface area contributed by atoms with E-state index in [4.69, 9.17) is 4.42 Å². The first-order chi connectivity index (χ1) is 8.61. The molecule has 6 nitrogen and oxygen atoms in total. The summed E-state index contributed by atoms with van der Waals surface area (Å²) in [5, 5.41) is 0.187. The van der Waals surface area contributed by atoms with E-state index in [1.54, 1.807) is 6.92 Å². The standard InChI is InChI=1S/C12H10N2O4/c1-2-3-4-5-7-6-8(15)18-11-9(7)10(16)13-12(17)14-11/h6H,4-5H2,1H3,(H2,13,14,16,17). The molecule has 0 amide bonds. The van der Waals surface area contributed by atoms with Crippen molar-refractivity contribution in [3.63, 3.8) is 0 Å². The Balaban J connectivity index is 2.71. The topological polar surface area (TPSA) is 95.9 Å². The van der Waals surface area contributed by atoms with Crippen LogP contribution in [0.1, 0.15) is 18.9 Å². The van der Waals surface area contributed by atoms with Crippen molar-refractivity contribution in [2.75, 3.05) is 0 Å². The van der Waals surface area contributed by atoms with E-state index in [9.17, 15) is 14.4 Å². The van der Waals surface area contributed by atoms with Crippen LogP contribution in [0.3, 0.4) is 0 Å². The van der Waals surface area contributed by atoms with Gasteiger partial charge in [-0.3, -0.25) is 14.8 Å². The molecular weight excluding hydrogens is 236 g/mol. The number of hydrogen-bond donors (Lipinski definition) is 2.